The van der Waals surface area contributed by atoms with Gasteiger partial charge in [-0.3, -0.25) is 4.79 Å². The average molecular weight is 451 g/mol. The monoisotopic (exact) mass is 450 g/mol. The van der Waals surface area contributed by atoms with E-state index in [1.807, 2.05) is 49.4 Å². The number of nitrogens with one attached hydrogen (secondary N) is 2. The van der Waals surface area contributed by atoms with E-state index in [0.29, 0.717) is 11.5 Å². The van der Waals surface area contributed by atoms with Crippen LogP contribution >= 0.6 is 12.4 Å². The Morgan fingerprint density at radius 1 is 1.00 bits per heavy atom. The molecule has 2 aromatic rings. The molecule has 0 atom stereocenters. The van der Waals surface area contributed by atoms with Gasteiger partial charge in [0.25, 0.3) is 5.91 Å². The summed E-state index contributed by atoms with van der Waals surface area (Å²) in [6, 6.07) is 13.4. The Morgan fingerprint density at radius 2 is 1.74 bits per heavy atom. The molecule has 6 nitrogen and oxygen atoms in total. The lowest BCUT2D eigenvalue weighted by Crippen LogP contribution is -2.20. The minimum atomic E-state index is -0.215. The van der Waals surface area contributed by atoms with Gasteiger partial charge in [0.15, 0.2) is 18.1 Å². The highest BCUT2D eigenvalue weighted by molar-refractivity contribution is 5.91. The molecule has 7 heteroatoms. The molecule has 0 bridgehead atoms. The molecular weight excluding hydrogens is 416 g/mol. The number of unbranched alkanes of at least 4 members (excludes halogenated alkanes) is 1. The van der Waals surface area contributed by atoms with Crippen LogP contribution in [0.15, 0.2) is 42.5 Å². The SMILES string of the molecule is CCCCOCCCNCc1ccc(OCC(=O)Nc2ccc(C)cc2)c(OC)c1.Cl. The highest BCUT2D eigenvalue weighted by Gasteiger charge is 2.09. The number of rotatable bonds is 14. The van der Waals surface area contributed by atoms with Gasteiger partial charge in [-0.15, -0.1) is 12.4 Å². The van der Waals surface area contributed by atoms with Crippen LogP contribution in [-0.2, 0) is 16.1 Å². The lowest BCUT2D eigenvalue weighted by molar-refractivity contribution is -0.118. The Kier molecular flexibility index (Phi) is 13.4. The number of hydrogen-bond acceptors (Lipinski definition) is 5. The second-order valence-corrected chi connectivity index (χ2v) is 7.18. The van der Waals surface area contributed by atoms with E-state index in [2.05, 4.69) is 17.6 Å². The Labute approximate surface area is 192 Å². The van der Waals surface area contributed by atoms with Crippen LogP contribution in [0.4, 0.5) is 5.69 Å². The number of anilines is 1. The second kappa shape index (κ2) is 15.5. The van der Waals surface area contributed by atoms with E-state index < -0.39 is 0 Å². The fraction of sp³-hybridized carbons (Fsp3) is 0.458. The van der Waals surface area contributed by atoms with Gasteiger partial charge < -0.3 is 24.8 Å². The summed E-state index contributed by atoms with van der Waals surface area (Å²) in [5.74, 6) is 0.942. The molecule has 31 heavy (non-hydrogen) atoms. The molecule has 0 saturated heterocycles. The van der Waals surface area contributed by atoms with Crippen molar-refractivity contribution in [2.45, 2.75) is 39.7 Å². The van der Waals surface area contributed by atoms with Gasteiger partial charge in [0.1, 0.15) is 0 Å². The molecule has 0 heterocycles. The topological polar surface area (TPSA) is 68.8 Å². The van der Waals surface area contributed by atoms with E-state index in [1.165, 1.54) is 0 Å². The fourth-order valence-corrected chi connectivity index (χ4v) is 2.80. The first-order chi connectivity index (χ1) is 14.6. The van der Waals surface area contributed by atoms with Gasteiger partial charge in [-0.1, -0.05) is 37.1 Å². The summed E-state index contributed by atoms with van der Waals surface area (Å²) < 4.78 is 16.6. The molecule has 1 amide bonds. The van der Waals surface area contributed by atoms with Crippen molar-refractivity contribution in [3.63, 3.8) is 0 Å². The van der Waals surface area contributed by atoms with Gasteiger partial charge in [-0.25, -0.2) is 0 Å². The first-order valence-corrected chi connectivity index (χ1v) is 10.6. The normalized spacial score (nSPS) is 10.3. The van der Waals surface area contributed by atoms with Gasteiger partial charge in [0.05, 0.1) is 7.11 Å². The Balaban J connectivity index is 0.00000480. The third-order valence-electron chi connectivity index (χ3n) is 4.54. The van der Waals surface area contributed by atoms with Crippen molar-refractivity contribution < 1.29 is 19.0 Å². The number of hydrogen-bond donors (Lipinski definition) is 2. The predicted molar refractivity (Wildman–Crippen MR) is 128 cm³/mol. The van der Waals surface area contributed by atoms with E-state index >= 15 is 0 Å². The molecule has 0 aliphatic heterocycles. The first-order valence-electron chi connectivity index (χ1n) is 10.6. The van der Waals surface area contributed by atoms with Crippen molar-refractivity contribution >= 4 is 24.0 Å². The van der Waals surface area contributed by atoms with Gasteiger partial charge in [-0.05, 0) is 56.1 Å². The number of carbonyl (C=O) groups excluding carboxylic acids is 1. The van der Waals surface area contributed by atoms with Gasteiger partial charge in [0, 0.05) is 25.4 Å². The standard InChI is InChI=1S/C24H34N2O4.ClH/c1-4-5-14-29-15-6-13-25-17-20-9-12-22(23(16-20)28-3)30-18-24(27)26-21-10-7-19(2)8-11-21;/h7-12,16,25H,4-6,13-15,17-18H2,1-3H3,(H,26,27);1H. The van der Waals surface area contributed by atoms with Crippen molar-refractivity contribution in [2.24, 2.45) is 0 Å². The van der Waals surface area contributed by atoms with E-state index in [0.717, 1.165) is 62.4 Å². The van der Waals surface area contributed by atoms with Crippen LogP contribution in [-0.4, -0.2) is 39.4 Å². The van der Waals surface area contributed by atoms with Gasteiger partial charge in [-0.2, -0.15) is 0 Å². The molecule has 0 saturated carbocycles. The summed E-state index contributed by atoms with van der Waals surface area (Å²) in [5.41, 5.74) is 2.98. The van der Waals surface area contributed by atoms with E-state index in [4.69, 9.17) is 14.2 Å². The zero-order valence-electron chi connectivity index (χ0n) is 18.7. The molecule has 0 aliphatic carbocycles. The molecule has 0 aliphatic rings. The molecule has 2 aromatic carbocycles. The highest BCUT2D eigenvalue weighted by atomic mass is 35.5. The summed E-state index contributed by atoms with van der Waals surface area (Å²) in [6.07, 6.45) is 3.27. The van der Waals surface area contributed by atoms with E-state index in [-0.39, 0.29) is 24.9 Å². The molecule has 2 N–H and O–H groups in total. The summed E-state index contributed by atoms with van der Waals surface area (Å²) in [4.78, 5) is 12.1. The average Bonchev–Trinajstić information content (AvgIpc) is 2.76. The molecule has 172 valence electrons. The number of aryl methyl sites for hydroxylation is 1. The van der Waals surface area contributed by atoms with Crippen molar-refractivity contribution in [3.05, 3.63) is 53.6 Å². The zero-order valence-corrected chi connectivity index (χ0v) is 19.6. The number of benzene rings is 2. The number of carbonyl (C=O) groups is 1. The van der Waals surface area contributed by atoms with E-state index in [9.17, 15) is 4.79 Å². The number of methoxy groups -OCH3 is 1. The third kappa shape index (κ3) is 10.5. The summed E-state index contributed by atoms with van der Waals surface area (Å²) in [5, 5.41) is 6.22. The molecule has 0 fully saturated rings. The molecular formula is C24H35ClN2O4. The lowest BCUT2D eigenvalue weighted by Gasteiger charge is -2.13. The van der Waals surface area contributed by atoms with Gasteiger partial charge in [0.2, 0.25) is 0 Å². The number of ether oxygens (including phenoxy) is 3. The molecule has 2 rings (SSSR count). The Morgan fingerprint density at radius 3 is 2.45 bits per heavy atom. The zero-order chi connectivity index (χ0) is 21.6. The number of amides is 1. The maximum Gasteiger partial charge on any atom is 0.262 e. The Hall–Kier alpha value is -2.28. The minimum Gasteiger partial charge on any atom is -0.493 e. The van der Waals surface area contributed by atoms with Crippen molar-refractivity contribution in [3.8, 4) is 11.5 Å². The molecule has 0 radical (unpaired) electrons. The van der Waals surface area contributed by atoms with Crippen molar-refractivity contribution in [2.75, 3.05) is 38.8 Å². The van der Waals surface area contributed by atoms with Crippen LogP contribution < -0.4 is 20.1 Å². The summed E-state index contributed by atoms with van der Waals surface area (Å²) >= 11 is 0. The summed E-state index contributed by atoms with van der Waals surface area (Å²) in [6.45, 7) is 7.34. The fourth-order valence-electron chi connectivity index (χ4n) is 2.80. The van der Waals surface area contributed by atoms with Crippen LogP contribution in [0, 0.1) is 6.92 Å². The summed E-state index contributed by atoms with van der Waals surface area (Å²) in [7, 11) is 1.60. The lowest BCUT2D eigenvalue weighted by atomic mass is 10.2. The Bertz CT molecular complexity index is 769. The van der Waals surface area contributed by atoms with Crippen LogP contribution in [0.25, 0.3) is 0 Å². The third-order valence-corrected chi connectivity index (χ3v) is 4.54. The van der Waals surface area contributed by atoms with E-state index in [1.54, 1.807) is 7.11 Å². The highest BCUT2D eigenvalue weighted by Crippen LogP contribution is 2.28. The molecule has 0 spiro atoms. The van der Waals surface area contributed by atoms with Gasteiger partial charge >= 0.3 is 0 Å². The van der Waals surface area contributed by atoms with Crippen LogP contribution in [0.2, 0.25) is 0 Å². The predicted octanol–water partition coefficient (Wildman–Crippen LogP) is 4.74. The van der Waals surface area contributed by atoms with Crippen molar-refractivity contribution in [1.82, 2.24) is 5.32 Å². The van der Waals surface area contributed by atoms with Crippen LogP contribution in [0.1, 0.15) is 37.3 Å². The first kappa shape index (κ1) is 26.8. The quantitative estimate of drug-likeness (QED) is 0.407. The second-order valence-electron chi connectivity index (χ2n) is 7.18. The van der Waals surface area contributed by atoms with Crippen molar-refractivity contribution in [1.29, 1.82) is 0 Å². The maximum atomic E-state index is 12.1. The van der Waals surface area contributed by atoms with Crippen LogP contribution in [0.5, 0.6) is 11.5 Å². The number of halogens is 1. The molecule has 0 unspecified atom stereocenters. The maximum absolute atomic E-state index is 12.1. The minimum absolute atomic E-state index is 0. The smallest absolute Gasteiger partial charge is 0.262 e. The largest absolute Gasteiger partial charge is 0.493 e. The van der Waals surface area contributed by atoms with Crippen LogP contribution in [0.3, 0.4) is 0 Å². The molecule has 0 aromatic heterocycles.